The number of hydrogen-bond donors (Lipinski definition) is 1. The smallest absolute Gasteiger partial charge is 0.0570 e. The fourth-order valence-corrected chi connectivity index (χ4v) is 2.99. The van der Waals surface area contributed by atoms with Gasteiger partial charge in [-0.25, -0.2) is 0 Å². The molecule has 0 radical (unpaired) electrons. The fourth-order valence-electron chi connectivity index (χ4n) is 2.99. The van der Waals surface area contributed by atoms with Crippen LogP contribution in [-0.2, 0) is 0 Å². The van der Waals surface area contributed by atoms with Crippen LogP contribution in [0, 0.1) is 0 Å². The van der Waals surface area contributed by atoms with E-state index in [0.29, 0.717) is 0 Å². The first kappa shape index (κ1) is 5.56. The van der Waals surface area contributed by atoms with Gasteiger partial charge in [0.25, 0.3) is 0 Å². The molecule has 0 amide bonds. The summed E-state index contributed by atoms with van der Waals surface area (Å²) in [5.74, 6) is 0. The van der Waals surface area contributed by atoms with Gasteiger partial charge >= 0.3 is 0 Å². The molecule has 0 aromatic carbocycles. The van der Waals surface area contributed by atoms with E-state index in [1.807, 2.05) is 0 Å². The molecule has 0 aromatic rings. The average Bonchev–Trinajstić information content (AvgIpc) is 1.78. The first-order chi connectivity index (χ1) is 4.84. The van der Waals surface area contributed by atoms with Gasteiger partial charge in [0.05, 0.1) is 6.10 Å². The molecule has 0 saturated carbocycles. The van der Waals surface area contributed by atoms with Gasteiger partial charge in [-0.1, -0.05) is 0 Å². The summed E-state index contributed by atoms with van der Waals surface area (Å²) in [5, 5.41) is 9.40. The average molecular weight is 139 g/mol. The van der Waals surface area contributed by atoms with Gasteiger partial charge in [0, 0.05) is 18.1 Å². The molecule has 0 aliphatic carbocycles. The molecule has 0 aromatic heterocycles. The van der Waals surface area contributed by atoms with Crippen LogP contribution in [-0.4, -0.2) is 34.2 Å². The minimum absolute atomic E-state index is 0.0208. The lowest BCUT2D eigenvalue weighted by Gasteiger charge is -2.65. The highest BCUT2D eigenvalue weighted by atomic mass is 16.3. The van der Waals surface area contributed by atoms with Gasteiger partial charge in [0.2, 0.25) is 0 Å². The number of piperidine rings is 2. The first-order valence-electron chi connectivity index (χ1n) is 4.30. The van der Waals surface area contributed by atoms with E-state index in [1.165, 1.54) is 12.8 Å². The van der Waals surface area contributed by atoms with Crippen molar-refractivity contribution in [2.24, 2.45) is 0 Å². The van der Waals surface area contributed by atoms with Crippen molar-refractivity contribution in [2.45, 2.75) is 49.9 Å². The molecule has 4 atom stereocenters. The second-order valence-corrected chi connectivity index (χ2v) is 4.01. The van der Waals surface area contributed by atoms with Crippen LogP contribution in [0.25, 0.3) is 0 Å². The third kappa shape index (κ3) is 0.487. The Morgan fingerprint density at radius 1 is 0.900 bits per heavy atom. The number of aliphatic hydroxyl groups excluding tert-OH is 1. The van der Waals surface area contributed by atoms with E-state index in [4.69, 9.17) is 0 Å². The van der Waals surface area contributed by atoms with E-state index >= 15 is 0 Å². The number of hydrogen-bond acceptors (Lipinski definition) is 2. The van der Waals surface area contributed by atoms with E-state index in [2.05, 4.69) is 4.90 Å². The fraction of sp³-hybridized carbons (Fsp3) is 1.00. The molecule has 56 valence electrons. The van der Waals surface area contributed by atoms with E-state index in [1.54, 1.807) is 0 Å². The summed E-state index contributed by atoms with van der Waals surface area (Å²) in [4.78, 5) is 2.60. The molecule has 3 aliphatic rings. The first-order valence-corrected chi connectivity index (χ1v) is 4.30. The molecule has 0 bridgehead atoms. The summed E-state index contributed by atoms with van der Waals surface area (Å²) in [6, 6.07) is 2.47. The lowest BCUT2D eigenvalue weighted by Crippen LogP contribution is -2.73. The van der Waals surface area contributed by atoms with Crippen LogP contribution < -0.4 is 0 Å². The minimum Gasteiger partial charge on any atom is -0.393 e. The van der Waals surface area contributed by atoms with Crippen molar-refractivity contribution in [3.8, 4) is 0 Å². The predicted octanol–water partition coefficient (Wildman–Crippen LogP) is 0.356. The van der Waals surface area contributed by atoms with Gasteiger partial charge in [0.15, 0.2) is 0 Å². The Morgan fingerprint density at radius 2 is 1.40 bits per heavy atom. The highest BCUT2D eigenvalue weighted by molar-refractivity contribution is 5.10. The molecule has 2 nitrogen and oxygen atoms in total. The zero-order chi connectivity index (χ0) is 6.72. The quantitative estimate of drug-likeness (QED) is 0.523. The lowest BCUT2D eigenvalue weighted by atomic mass is 9.69. The lowest BCUT2D eigenvalue weighted by molar-refractivity contribution is -0.170. The summed E-state index contributed by atoms with van der Waals surface area (Å²) < 4.78 is 0. The molecule has 3 aliphatic heterocycles. The Kier molecular flexibility index (Phi) is 0.868. The van der Waals surface area contributed by atoms with E-state index in [9.17, 15) is 5.11 Å². The molecule has 3 fully saturated rings. The maximum atomic E-state index is 9.40. The van der Waals surface area contributed by atoms with E-state index < -0.39 is 0 Å². The van der Waals surface area contributed by atoms with Crippen molar-refractivity contribution in [2.75, 3.05) is 0 Å². The van der Waals surface area contributed by atoms with E-state index in [0.717, 1.165) is 31.0 Å². The van der Waals surface area contributed by atoms with Gasteiger partial charge in [-0.05, 0) is 25.7 Å². The molecule has 3 rings (SSSR count). The van der Waals surface area contributed by atoms with Crippen LogP contribution in [0.5, 0.6) is 0 Å². The molecule has 2 heteroatoms. The molecular weight excluding hydrogens is 126 g/mol. The van der Waals surface area contributed by atoms with E-state index in [-0.39, 0.29) is 6.10 Å². The Labute approximate surface area is 60.8 Å². The molecule has 10 heavy (non-hydrogen) atoms. The largest absolute Gasteiger partial charge is 0.393 e. The predicted molar refractivity (Wildman–Crippen MR) is 37.7 cm³/mol. The third-order valence-electron chi connectivity index (χ3n) is 3.44. The highest BCUT2D eigenvalue weighted by Crippen LogP contribution is 2.48. The Morgan fingerprint density at radius 3 is 1.90 bits per heavy atom. The van der Waals surface area contributed by atoms with Gasteiger partial charge in [-0.2, -0.15) is 0 Å². The zero-order valence-electron chi connectivity index (χ0n) is 6.03. The Balaban J connectivity index is 1.80. The number of aliphatic hydroxyl groups is 1. The van der Waals surface area contributed by atoms with Gasteiger partial charge in [-0.15, -0.1) is 0 Å². The van der Waals surface area contributed by atoms with Crippen molar-refractivity contribution in [3.63, 3.8) is 0 Å². The third-order valence-corrected chi connectivity index (χ3v) is 3.44. The van der Waals surface area contributed by atoms with Crippen LogP contribution in [0.3, 0.4) is 0 Å². The van der Waals surface area contributed by atoms with Gasteiger partial charge < -0.3 is 5.11 Å². The summed E-state index contributed by atoms with van der Waals surface area (Å²) >= 11 is 0. The molecule has 3 heterocycles. The summed E-state index contributed by atoms with van der Waals surface area (Å²) in [6.07, 6.45) is 4.86. The maximum Gasteiger partial charge on any atom is 0.0570 e. The SMILES string of the molecule is O[C@@H]1C[C@H]2CC3C[C@@H](C1)N32. The number of rotatable bonds is 0. The van der Waals surface area contributed by atoms with Crippen molar-refractivity contribution in [1.29, 1.82) is 0 Å². The molecule has 1 unspecified atom stereocenters. The van der Waals surface area contributed by atoms with Crippen molar-refractivity contribution < 1.29 is 5.11 Å². The molecular formula is C8H13NO. The monoisotopic (exact) mass is 139 g/mol. The van der Waals surface area contributed by atoms with Crippen LogP contribution in [0.1, 0.15) is 25.7 Å². The number of nitrogens with zero attached hydrogens (tertiary/aromatic N) is 1. The Bertz CT molecular complexity index is 155. The van der Waals surface area contributed by atoms with Crippen LogP contribution in [0.4, 0.5) is 0 Å². The van der Waals surface area contributed by atoms with Crippen LogP contribution in [0.2, 0.25) is 0 Å². The van der Waals surface area contributed by atoms with Crippen molar-refractivity contribution in [3.05, 3.63) is 0 Å². The topological polar surface area (TPSA) is 23.5 Å². The maximum absolute atomic E-state index is 9.40. The molecule has 3 saturated heterocycles. The highest BCUT2D eigenvalue weighted by Gasteiger charge is 2.54. The molecule has 0 spiro atoms. The van der Waals surface area contributed by atoms with Gasteiger partial charge in [-0.3, -0.25) is 4.90 Å². The van der Waals surface area contributed by atoms with Crippen molar-refractivity contribution >= 4 is 0 Å². The standard InChI is InChI=1S/C8H13NO/c10-8-3-6-1-5-2-7(4-8)9(5)6/h5-8,10H,1-4H2/t5?,6-,7+,8-. The summed E-state index contributed by atoms with van der Waals surface area (Å²) in [6.45, 7) is 0. The normalized spacial score (nSPS) is 58.5. The second kappa shape index (κ2) is 1.56. The van der Waals surface area contributed by atoms with Gasteiger partial charge in [0.1, 0.15) is 0 Å². The summed E-state index contributed by atoms with van der Waals surface area (Å²) in [5.41, 5.74) is 0. The Hall–Kier alpha value is -0.0800. The van der Waals surface area contributed by atoms with Crippen LogP contribution >= 0.6 is 0 Å². The van der Waals surface area contributed by atoms with Crippen LogP contribution in [0.15, 0.2) is 0 Å². The minimum atomic E-state index is 0.0208. The summed E-state index contributed by atoms with van der Waals surface area (Å²) in [7, 11) is 0. The molecule has 1 N–H and O–H groups in total. The zero-order valence-corrected chi connectivity index (χ0v) is 6.03. The van der Waals surface area contributed by atoms with Crippen molar-refractivity contribution in [1.82, 2.24) is 4.90 Å². The second-order valence-electron chi connectivity index (χ2n) is 4.01.